The lowest BCUT2D eigenvalue weighted by atomic mass is 10.0. The first-order chi connectivity index (χ1) is 7.15. The first-order valence-electron chi connectivity index (χ1n) is 4.15. The van der Waals surface area contributed by atoms with Crippen LogP contribution in [-0.2, 0) is 11.3 Å². The summed E-state index contributed by atoms with van der Waals surface area (Å²) in [6.45, 7) is 0.288. The number of halogens is 1. The van der Waals surface area contributed by atoms with Crippen LogP contribution < -0.4 is 5.73 Å². The monoisotopic (exact) mass is 268 g/mol. The number of nitrogens with zero attached hydrogens (tertiary/aromatic N) is 1. The summed E-state index contributed by atoms with van der Waals surface area (Å²) < 4.78 is 5.12. The molecule has 0 aromatic heterocycles. The minimum Gasteiger partial charge on any atom is -0.465 e. The highest BCUT2D eigenvalue weighted by molar-refractivity contribution is 9.10. The molecule has 4 nitrogen and oxygen atoms in total. The Hall–Kier alpha value is -1.38. The van der Waals surface area contributed by atoms with Crippen LogP contribution >= 0.6 is 15.9 Å². The Morgan fingerprint density at radius 1 is 1.67 bits per heavy atom. The largest absolute Gasteiger partial charge is 0.465 e. The van der Waals surface area contributed by atoms with Crippen molar-refractivity contribution in [1.82, 2.24) is 0 Å². The summed E-state index contributed by atoms with van der Waals surface area (Å²) in [6, 6.07) is 5.19. The van der Waals surface area contributed by atoms with Crippen molar-refractivity contribution >= 4 is 21.9 Å². The number of methoxy groups -OCH3 is 1. The van der Waals surface area contributed by atoms with E-state index < -0.39 is 5.97 Å². The molecule has 0 unspecified atom stereocenters. The minimum atomic E-state index is -0.547. The lowest BCUT2D eigenvalue weighted by Crippen LogP contribution is -2.08. The second-order valence-electron chi connectivity index (χ2n) is 2.77. The zero-order valence-electron chi connectivity index (χ0n) is 8.08. The fourth-order valence-corrected chi connectivity index (χ4v) is 1.84. The van der Waals surface area contributed by atoms with E-state index in [1.165, 1.54) is 7.11 Å². The van der Waals surface area contributed by atoms with Crippen LogP contribution in [0.25, 0.3) is 0 Å². The number of nitriles is 1. The number of carbonyl (C=O) groups excluding carboxylic acids is 1. The zero-order chi connectivity index (χ0) is 11.4. The molecule has 0 aliphatic heterocycles. The molecule has 0 bridgehead atoms. The number of hydrogen-bond acceptors (Lipinski definition) is 4. The van der Waals surface area contributed by atoms with Crippen LogP contribution in [0.3, 0.4) is 0 Å². The number of esters is 1. The average Bonchev–Trinajstić information content (AvgIpc) is 2.27. The normalized spacial score (nSPS) is 9.47. The Kier molecular flexibility index (Phi) is 3.83. The molecule has 2 N–H and O–H groups in total. The van der Waals surface area contributed by atoms with E-state index in [2.05, 4.69) is 20.7 Å². The van der Waals surface area contributed by atoms with Crippen LogP contribution in [0.1, 0.15) is 21.5 Å². The van der Waals surface area contributed by atoms with Gasteiger partial charge in [0.1, 0.15) is 6.07 Å². The summed E-state index contributed by atoms with van der Waals surface area (Å²) in [5.41, 5.74) is 6.74. The van der Waals surface area contributed by atoms with Gasteiger partial charge in [-0.3, -0.25) is 0 Å². The highest BCUT2D eigenvalue weighted by atomic mass is 79.9. The van der Waals surface area contributed by atoms with Gasteiger partial charge in [0.05, 0.1) is 18.2 Å². The van der Waals surface area contributed by atoms with Crippen molar-refractivity contribution in [3.8, 4) is 6.07 Å². The molecule has 15 heavy (non-hydrogen) atoms. The average molecular weight is 269 g/mol. The highest BCUT2D eigenvalue weighted by Crippen LogP contribution is 2.25. The van der Waals surface area contributed by atoms with Gasteiger partial charge < -0.3 is 10.5 Å². The number of carbonyl (C=O) groups is 1. The van der Waals surface area contributed by atoms with Crippen LogP contribution in [0.15, 0.2) is 16.6 Å². The maximum absolute atomic E-state index is 11.4. The molecule has 78 valence electrons. The maximum Gasteiger partial charge on any atom is 0.340 e. The van der Waals surface area contributed by atoms with Gasteiger partial charge in [-0.15, -0.1) is 0 Å². The lowest BCUT2D eigenvalue weighted by Gasteiger charge is -2.08. The number of benzene rings is 1. The third-order valence-electron chi connectivity index (χ3n) is 1.95. The maximum atomic E-state index is 11.4. The van der Waals surface area contributed by atoms with E-state index in [-0.39, 0.29) is 17.7 Å². The fraction of sp³-hybridized carbons (Fsp3) is 0.200. The molecule has 1 aromatic carbocycles. The molecule has 0 atom stereocenters. The molecule has 1 rings (SSSR count). The van der Waals surface area contributed by atoms with Gasteiger partial charge in [-0.1, -0.05) is 6.07 Å². The minimum absolute atomic E-state index is 0.225. The van der Waals surface area contributed by atoms with Crippen molar-refractivity contribution < 1.29 is 9.53 Å². The summed E-state index contributed by atoms with van der Waals surface area (Å²) in [4.78, 5) is 11.4. The third kappa shape index (κ3) is 2.17. The van der Waals surface area contributed by atoms with Crippen molar-refractivity contribution in [2.75, 3.05) is 7.11 Å². The Morgan fingerprint density at radius 2 is 2.33 bits per heavy atom. The second-order valence-corrected chi connectivity index (χ2v) is 3.56. The van der Waals surface area contributed by atoms with Crippen LogP contribution in [0.5, 0.6) is 0 Å². The summed E-state index contributed by atoms with van der Waals surface area (Å²) in [7, 11) is 1.27. The molecule has 0 aliphatic carbocycles. The quantitative estimate of drug-likeness (QED) is 0.827. The van der Waals surface area contributed by atoms with E-state index in [0.29, 0.717) is 4.47 Å². The third-order valence-corrected chi connectivity index (χ3v) is 2.86. The Morgan fingerprint density at radius 3 is 2.80 bits per heavy atom. The van der Waals surface area contributed by atoms with Crippen LogP contribution in [0, 0.1) is 11.3 Å². The molecule has 1 aromatic rings. The summed E-state index contributed by atoms with van der Waals surface area (Å²) in [5, 5.41) is 8.84. The van der Waals surface area contributed by atoms with Gasteiger partial charge in [0.15, 0.2) is 0 Å². The highest BCUT2D eigenvalue weighted by Gasteiger charge is 2.18. The predicted molar refractivity (Wildman–Crippen MR) is 58.1 cm³/mol. The van der Waals surface area contributed by atoms with Crippen LogP contribution in [0.2, 0.25) is 0 Å². The number of ether oxygens (including phenoxy) is 1. The topological polar surface area (TPSA) is 76.1 Å². The molecular weight excluding hydrogens is 260 g/mol. The molecule has 0 radical (unpaired) electrons. The number of rotatable bonds is 2. The SMILES string of the molecule is COC(=O)c1c(C#N)ccc(CN)c1Br. The molecule has 0 spiro atoms. The summed E-state index contributed by atoms with van der Waals surface area (Å²) in [6.07, 6.45) is 0. The second kappa shape index (κ2) is 4.91. The molecule has 0 amide bonds. The Bertz CT molecular complexity index is 438. The van der Waals surface area contributed by atoms with Gasteiger partial charge in [0.2, 0.25) is 0 Å². The molecule has 5 heteroatoms. The van der Waals surface area contributed by atoms with Crippen molar-refractivity contribution in [2.45, 2.75) is 6.54 Å². The van der Waals surface area contributed by atoms with Gasteiger partial charge in [0, 0.05) is 11.0 Å². The van der Waals surface area contributed by atoms with E-state index >= 15 is 0 Å². The van der Waals surface area contributed by atoms with Gasteiger partial charge in [-0.2, -0.15) is 5.26 Å². The van der Waals surface area contributed by atoms with Crippen molar-refractivity contribution in [1.29, 1.82) is 5.26 Å². The molecule has 0 heterocycles. The molecule has 0 saturated heterocycles. The van der Waals surface area contributed by atoms with Gasteiger partial charge in [0.25, 0.3) is 0 Å². The summed E-state index contributed by atoms with van der Waals surface area (Å²) in [5.74, 6) is -0.547. The van der Waals surface area contributed by atoms with Crippen molar-refractivity contribution in [3.05, 3.63) is 33.3 Å². The van der Waals surface area contributed by atoms with Crippen LogP contribution in [-0.4, -0.2) is 13.1 Å². The van der Waals surface area contributed by atoms with Gasteiger partial charge in [-0.25, -0.2) is 4.79 Å². The first-order valence-corrected chi connectivity index (χ1v) is 4.94. The molecule has 0 fully saturated rings. The molecule has 0 saturated carbocycles. The fourth-order valence-electron chi connectivity index (χ4n) is 1.17. The van der Waals surface area contributed by atoms with Crippen LogP contribution in [0.4, 0.5) is 0 Å². The smallest absolute Gasteiger partial charge is 0.340 e. The number of hydrogen-bond donors (Lipinski definition) is 1. The number of nitrogens with two attached hydrogens (primary N) is 1. The zero-order valence-corrected chi connectivity index (χ0v) is 9.67. The van der Waals surface area contributed by atoms with E-state index in [0.717, 1.165) is 5.56 Å². The van der Waals surface area contributed by atoms with E-state index in [1.807, 2.05) is 6.07 Å². The van der Waals surface area contributed by atoms with E-state index in [4.69, 9.17) is 11.0 Å². The van der Waals surface area contributed by atoms with Crippen molar-refractivity contribution in [3.63, 3.8) is 0 Å². The van der Waals surface area contributed by atoms with E-state index in [1.54, 1.807) is 12.1 Å². The standard InChI is InChI=1S/C10H9BrN2O2/c1-15-10(14)8-6(4-12)2-3-7(5-13)9(8)11/h2-3H,5,13H2,1H3. The molecular formula is C10H9BrN2O2. The van der Waals surface area contributed by atoms with Gasteiger partial charge >= 0.3 is 5.97 Å². The summed E-state index contributed by atoms with van der Waals surface area (Å²) >= 11 is 3.24. The van der Waals surface area contributed by atoms with E-state index in [9.17, 15) is 4.79 Å². The van der Waals surface area contributed by atoms with Gasteiger partial charge in [-0.05, 0) is 27.6 Å². The first kappa shape index (κ1) is 11.7. The lowest BCUT2D eigenvalue weighted by molar-refractivity contribution is 0.0599. The Labute approximate surface area is 95.8 Å². The Balaban J connectivity index is 3.44. The molecule has 0 aliphatic rings. The van der Waals surface area contributed by atoms with Crippen molar-refractivity contribution in [2.24, 2.45) is 5.73 Å². The predicted octanol–water partition coefficient (Wildman–Crippen LogP) is 1.57.